The van der Waals surface area contributed by atoms with E-state index in [-0.39, 0.29) is 11.3 Å². The van der Waals surface area contributed by atoms with E-state index in [1.54, 1.807) is 30.3 Å². The van der Waals surface area contributed by atoms with Gasteiger partial charge in [0.1, 0.15) is 11.3 Å². The number of nitrogens with one attached hydrogen (secondary N) is 1. The predicted molar refractivity (Wildman–Crippen MR) is 107 cm³/mol. The van der Waals surface area contributed by atoms with E-state index < -0.39 is 23.9 Å². The Morgan fingerprint density at radius 1 is 1.29 bits per heavy atom. The molecule has 2 aromatic carbocycles. The second-order valence-corrected chi connectivity index (χ2v) is 7.17. The van der Waals surface area contributed by atoms with Crippen molar-refractivity contribution in [2.75, 3.05) is 5.01 Å². The highest BCUT2D eigenvalue weighted by molar-refractivity contribution is 9.10. The van der Waals surface area contributed by atoms with E-state index in [9.17, 15) is 14.4 Å². The van der Waals surface area contributed by atoms with Crippen LogP contribution in [0.3, 0.4) is 0 Å². The second kappa shape index (κ2) is 8.04. The minimum Gasteiger partial charge on any atom is -0.479 e. The second-order valence-electron chi connectivity index (χ2n) is 5.88. The number of benzene rings is 2. The normalized spacial score (nSPS) is 16.2. The lowest BCUT2D eigenvalue weighted by Crippen LogP contribution is -2.35. The molecule has 0 radical (unpaired) electrons. The molecule has 28 heavy (non-hydrogen) atoms. The van der Waals surface area contributed by atoms with Gasteiger partial charge in [-0.2, -0.15) is 0 Å². The summed E-state index contributed by atoms with van der Waals surface area (Å²) in [4.78, 5) is 36.2. The first kappa shape index (κ1) is 19.9. The first-order valence-electron chi connectivity index (χ1n) is 8.08. The SMILES string of the molecule is C[C@@H](Oc1c(Br)cc(Cl)cc1/C=C1/C(=O)NN(c2ccccc2)C1=O)C(=O)O. The molecule has 1 heterocycles. The minimum absolute atomic E-state index is 0.133. The molecule has 144 valence electrons. The highest BCUT2D eigenvalue weighted by Crippen LogP contribution is 2.35. The monoisotopic (exact) mass is 464 g/mol. The fraction of sp³-hybridized carbons (Fsp3) is 0.105. The zero-order chi connectivity index (χ0) is 20.4. The molecule has 0 aliphatic carbocycles. The summed E-state index contributed by atoms with van der Waals surface area (Å²) in [5.41, 5.74) is 3.16. The summed E-state index contributed by atoms with van der Waals surface area (Å²) in [5, 5.41) is 10.6. The number of hydrogen-bond acceptors (Lipinski definition) is 4. The number of anilines is 1. The Morgan fingerprint density at radius 2 is 1.96 bits per heavy atom. The fourth-order valence-corrected chi connectivity index (χ4v) is 3.44. The Kier molecular flexibility index (Phi) is 5.71. The zero-order valence-electron chi connectivity index (χ0n) is 14.5. The summed E-state index contributed by atoms with van der Waals surface area (Å²) in [7, 11) is 0. The van der Waals surface area contributed by atoms with Gasteiger partial charge in [-0.1, -0.05) is 29.8 Å². The smallest absolute Gasteiger partial charge is 0.344 e. The lowest BCUT2D eigenvalue weighted by molar-refractivity contribution is -0.144. The average molecular weight is 466 g/mol. The first-order chi connectivity index (χ1) is 13.3. The molecule has 1 atom stereocenters. The third-order valence-electron chi connectivity index (χ3n) is 3.89. The van der Waals surface area contributed by atoms with Crippen LogP contribution < -0.4 is 15.2 Å². The van der Waals surface area contributed by atoms with E-state index in [4.69, 9.17) is 21.4 Å². The highest BCUT2D eigenvalue weighted by Gasteiger charge is 2.34. The van der Waals surface area contributed by atoms with Gasteiger partial charge in [-0.05, 0) is 53.2 Å². The van der Waals surface area contributed by atoms with Crippen molar-refractivity contribution >= 4 is 57.1 Å². The third-order valence-corrected chi connectivity index (χ3v) is 4.69. The van der Waals surface area contributed by atoms with Crippen LogP contribution in [-0.2, 0) is 14.4 Å². The summed E-state index contributed by atoms with van der Waals surface area (Å²) in [6, 6.07) is 11.6. The molecule has 0 aromatic heterocycles. The molecule has 2 aromatic rings. The molecule has 1 aliphatic rings. The first-order valence-corrected chi connectivity index (χ1v) is 9.25. The summed E-state index contributed by atoms with van der Waals surface area (Å²) in [5.74, 6) is -2.15. The van der Waals surface area contributed by atoms with Crippen LogP contribution in [0.4, 0.5) is 5.69 Å². The number of para-hydroxylation sites is 1. The number of nitrogens with zero attached hydrogens (tertiary/aromatic N) is 1. The number of carbonyl (C=O) groups is 3. The summed E-state index contributed by atoms with van der Waals surface area (Å²) >= 11 is 9.35. The number of rotatable bonds is 5. The number of carbonyl (C=O) groups excluding carboxylic acids is 2. The van der Waals surface area contributed by atoms with Crippen molar-refractivity contribution in [2.45, 2.75) is 13.0 Å². The van der Waals surface area contributed by atoms with Gasteiger partial charge < -0.3 is 9.84 Å². The van der Waals surface area contributed by atoms with E-state index >= 15 is 0 Å². The van der Waals surface area contributed by atoms with Crippen molar-refractivity contribution in [3.63, 3.8) is 0 Å². The summed E-state index contributed by atoms with van der Waals surface area (Å²) < 4.78 is 5.87. The van der Waals surface area contributed by atoms with Crippen LogP contribution in [-0.4, -0.2) is 29.0 Å². The van der Waals surface area contributed by atoms with Gasteiger partial charge >= 0.3 is 5.97 Å². The van der Waals surface area contributed by atoms with Crippen LogP contribution in [0, 0.1) is 0 Å². The summed E-state index contributed by atoms with van der Waals surface area (Å²) in [6.45, 7) is 1.37. The third kappa shape index (κ3) is 4.02. The topological polar surface area (TPSA) is 95.9 Å². The number of halogens is 2. The standard InChI is InChI=1S/C19H14BrClN2O5/c1-10(19(26)27)28-16-11(7-12(21)9-15(16)20)8-14-17(24)22-23(18(14)25)13-5-3-2-4-6-13/h2-10H,1H3,(H,22,24)(H,26,27)/b14-8-/t10-/m1/s1. The molecule has 0 bridgehead atoms. The van der Waals surface area contributed by atoms with Crippen molar-refractivity contribution in [3.8, 4) is 5.75 Å². The fourth-order valence-electron chi connectivity index (χ4n) is 2.51. The van der Waals surface area contributed by atoms with Gasteiger partial charge in [-0.3, -0.25) is 15.0 Å². The highest BCUT2D eigenvalue weighted by atomic mass is 79.9. The molecule has 1 aliphatic heterocycles. The molecule has 3 rings (SSSR count). The van der Waals surface area contributed by atoms with Crippen LogP contribution in [0.5, 0.6) is 5.75 Å². The number of ether oxygens (including phenoxy) is 1. The van der Waals surface area contributed by atoms with Gasteiger partial charge in [0.05, 0.1) is 10.2 Å². The van der Waals surface area contributed by atoms with Gasteiger partial charge in [0, 0.05) is 10.6 Å². The van der Waals surface area contributed by atoms with Crippen molar-refractivity contribution in [2.24, 2.45) is 0 Å². The van der Waals surface area contributed by atoms with E-state index in [0.29, 0.717) is 20.7 Å². The van der Waals surface area contributed by atoms with E-state index in [1.165, 1.54) is 25.1 Å². The number of carboxylic acid groups (broad SMARTS) is 1. The average Bonchev–Trinajstić information content (AvgIpc) is 2.93. The minimum atomic E-state index is -1.16. The van der Waals surface area contributed by atoms with Crippen LogP contribution in [0.2, 0.25) is 5.02 Å². The molecule has 0 saturated carbocycles. The van der Waals surface area contributed by atoms with Crippen molar-refractivity contribution < 1.29 is 24.2 Å². The molecule has 7 nitrogen and oxygen atoms in total. The van der Waals surface area contributed by atoms with Gasteiger partial charge in [0.15, 0.2) is 6.10 Å². The lowest BCUT2D eigenvalue weighted by atomic mass is 10.1. The Balaban J connectivity index is 2.02. The zero-order valence-corrected chi connectivity index (χ0v) is 16.8. The Labute approximate surface area is 173 Å². The summed E-state index contributed by atoms with van der Waals surface area (Å²) in [6.07, 6.45) is 0.171. The Bertz CT molecular complexity index is 993. The van der Waals surface area contributed by atoms with Crippen LogP contribution in [0.15, 0.2) is 52.5 Å². The van der Waals surface area contributed by atoms with E-state index in [1.807, 2.05) is 0 Å². The van der Waals surface area contributed by atoms with Crippen molar-refractivity contribution in [3.05, 3.63) is 63.1 Å². The molecule has 2 N–H and O–H groups in total. The van der Waals surface area contributed by atoms with Gasteiger partial charge in [-0.15, -0.1) is 0 Å². The number of hydrogen-bond donors (Lipinski definition) is 2. The van der Waals surface area contributed by atoms with Gasteiger partial charge in [0.25, 0.3) is 11.8 Å². The predicted octanol–water partition coefficient (Wildman–Crippen LogP) is 3.42. The molecular weight excluding hydrogens is 452 g/mol. The van der Waals surface area contributed by atoms with Gasteiger partial charge in [0.2, 0.25) is 0 Å². The van der Waals surface area contributed by atoms with Crippen molar-refractivity contribution in [1.82, 2.24) is 5.43 Å². The van der Waals surface area contributed by atoms with E-state index in [2.05, 4.69) is 21.4 Å². The number of amides is 2. The number of hydrazine groups is 1. The lowest BCUT2D eigenvalue weighted by Gasteiger charge is -2.15. The molecule has 0 unspecified atom stereocenters. The molecule has 2 amide bonds. The quantitative estimate of drug-likeness (QED) is 0.521. The Morgan fingerprint density at radius 3 is 2.61 bits per heavy atom. The number of aliphatic carboxylic acids is 1. The molecule has 9 heteroatoms. The molecule has 1 saturated heterocycles. The van der Waals surface area contributed by atoms with Crippen LogP contribution >= 0.6 is 27.5 Å². The number of carboxylic acids is 1. The van der Waals surface area contributed by atoms with Crippen LogP contribution in [0.25, 0.3) is 6.08 Å². The Hall–Kier alpha value is -2.84. The maximum atomic E-state index is 12.7. The van der Waals surface area contributed by atoms with Crippen molar-refractivity contribution in [1.29, 1.82) is 0 Å². The molecular formula is C19H14BrClN2O5. The molecule has 0 spiro atoms. The van der Waals surface area contributed by atoms with E-state index in [0.717, 1.165) is 5.01 Å². The van der Waals surface area contributed by atoms with Crippen LogP contribution in [0.1, 0.15) is 12.5 Å². The molecule has 1 fully saturated rings. The largest absolute Gasteiger partial charge is 0.479 e. The maximum Gasteiger partial charge on any atom is 0.344 e. The maximum absolute atomic E-state index is 12.7. The van der Waals surface area contributed by atoms with Gasteiger partial charge in [-0.25, -0.2) is 9.80 Å².